The third kappa shape index (κ3) is 4.04. The van der Waals surface area contributed by atoms with E-state index in [1.807, 2.05) is 36.6 Å². The van der Waals surface area contributed by atoms with Gasteiger partial charge in [0.05, 0.1) is 6.42 Å². The first-order valence-corrected chi connectivity index (χ1v) is 9.82. The van der Waals surface area contributed by atoms with Gasteiger partial charge in [-0.2, -0.15) is 0 Å². The number of carbonyl (C=O) groups is 2. The summed E-state index contributed by atoms with van der Waals surface area (Å²) in [7, 11) is 0. The van der Waals surface area contributed by atoms with Crippen molar-refractivity contribution in [2.24, 2.45) is 0 Å². The highest BCUT2D eigenvalue weighted by molar-refractivity contribution is 6.30. The van der Waals surface area contributed by atoms with Crippen LogP contribution in [0.4, 0.5) is 0 Å². The lowest BCUT2D eigenvalue weighted by Crippen LogP contribution is -2.16. The topological polar surface area (TPSA) is 66.8 Å². The second kappa shape index (κ2) is 8.24. The molecule has 3 aromatic rings. The van der Waals surface area contributed by atoms with Crippen LogP contribution in [-0.4, -0.2) is 29.7 Å². The summed E-state index contributed by atoms with van der Waals surface area (Å²) < 4.78 is 18.0. The largest absolute Gasteiger partial charge is 0.457 e. The molecule has 0 saturated heterocycles. The Hall–Kier alpha value is -3.25. The van der Waals surface area contributed by atoms with Crippen LogP contribution < -0.4 is 9.47 Å². The van der Waals surface area contributed by atoms with Crippen LogP contribution in [0, 0.1) is 13.8 Å². The number of rotatable bonds is 6. The van der Waals surface area contributed by atoms with Gasteiger partial charge in [-0.15, -0.1) is 0 Å². The van der Waals surface area contributed by atoms with Gasteiger partial charge < -0.3 is 18.8 Å². The number of Topliss-reactive ketones (excluding diaryl/α,β-unsaturated/α-hetero) is 1. The lowest BCUT2D eigenvalue weighted by Gasteiger charge is -2.11. The van der Waals surface area contributed by atoms with Gasteiger partial charge in [-0.05, 0) is 49.7 Å². The highest BCUT2D eigenvalue weighted by atomic mass is 35.5. The van der Waals surface area contributed by atoms with Gasteiger partial charge in [0.2, 0.25) is 12.6 Å². The molecule has 0 N–H and O–H groups in total. The predicted octanol–water partition coefficient (Wildman–Crippen LogP) is 4.44. The molecule has 0 spiro atoms. The first-order valence-electron chi connectivity index (χ1n) is 9.44. The SMILES string of the molecule is Cc1cc(C(=O)COC(=O)Cc2ccc(Cl)cc2)c(C)n1-c1ccc2c(c1)OCO2. The normalized spacial score (nSPS) is 12.1. The zero-order valence-electron chi connectivity index (χ0n) is 16.6. The average Bonchev–Trinajstić information content (AvgIpc) is 3.31. The summed E-state index contributed by atoms with van der Waals surface area (Å²) in [6.45, 7) is 3.67. The molecule has 1 aliphatic rings. The maximum absolute atomic E-state index is 12.7. The molecule has 1 aromatic heterocycles. The van der Waals surface area contributed by atoms with E-state index in [4.69, 9.17) is 25.8 Å². The fraction of sp³-hybridized carbons (Fsp3) is 0.217. The molecule has 0 atom stereocenters. The van der Waals surface area contributed by atoms with E-state index in [0.717, 1.165) is 22.6 Å². The van der Waals surface area contributed by atoms with E-state index in [9.17, 15) is 9.59 Å². The highest BCUT2D eigenvalue weighted by Crippen LogP contribution is 2.34. The number of ether oxygens (including phenoxy) is 3. The number of esters is 1. The molecule has 2 aromatic carbocycles. The summed E-state index contributed by atoms with van der Waals surface area (Å²) >= 11 is 5.84. The molecule has 2 heterocycles. The number of halogens is 1. The molecule has 154 valence electrons. The van der Waals surface area contributed by atoms with Crippen LogP contribution in [0.3, 0.4) is 0 Å². The molecule has 0 saturated carbocycles. The van der Waals surface area contributed by atoms with Crippen molar-refractivity contribution in [2.75, 3.05) is 13.4 Å². The van der Waals surface area contributed by atoms with Crippen molar-refractivity contribution in [3.8, 4) is 17.2 Å². The molecule has 1 aliphatic heterocycles. The lowest BCUT2D eigenvalue weighted by molar-refractivity contribution is -0.141. The molecular weight excluding hydrogens is 406 g/mol. The second-order valence-electron chi connectivity index (χ2n) is 7.04. The van der Waals surface area contributed by atoms with Crippen molar-refractivity contribution in [3.05, 3.63) is 76.1 Å². The number of ketones is 1. The molecule has 0 unspecified atom stereocenters. The molecule has 4 rings (SSSR count). The average molecular weight is 426 g/mol. The minimum absolute atomic E-state index is 0.0840. The van der Waals surface area contributed by atoms with Crippen LogP contribution >= 0.6 is 11.6 Å². The Labute approximate surface area is 178 Å². The van der Waals surface area contributed by atoms with Crippen LogP contribution in [0.2, 0.25) is 5.02 Å². The number of aromatic nitrogens is 1. The Kier molecular flexibility index (Phi) is 5.50. The van der Waals surface area contributed by atoms with Crippen LogP contribution in [0.5, 0.6) is 11.5 Å². The number of fused-ring (bicyclic) bond motifs is 1. The molecule has 0 aliphatic carbocycles. The van der Waals surface area contributed by atoms with Gasteiger partial charge in [0, 0.05) is 33.7 Å². The van der Waals surface area contributed by atoms with Crippen LogP contribution in [0.25, 0.3) is 5.69 Å². The van der Waals surface area contributed by atoms with E-state index in [2.05, 4.69) is 0 Å². The smallest absolute Gasteiger partial charge is 0.310 e. The van der Waals surface area contributed by atoms with Gasteiger partial charge in [0.15, 0.2) is 18.1 Å². The number of hydrogen-bond donors (Lipinski definition) is 0. The van der Waals surface area contributed by atoms with E-state index < -0.39 is 5.97 Å². The van der Waals surface area contributed by atoms with Crippen molar-refractivity contribution in [3.63, 3.8) is 0 Å². The van der Waals surface area contributed by atoms with E-state index in [1.54, 1.807) is 30.3 Å². The molecule has 6 nitrogen and oxygen atoms in total. The number of carbonyl (C=O) groups excluding carboxylic acids is 2. The van der Waals surface area contributed by atoms with E-state index in [1.165, 1.54) is 0 Å². The van der Waals surface area contributed by atoms with E-state index in [0.29, 0.717) is 22.1 Å². The molecule has 0 amide bonds. The summed E-state index contributed by atoms with van der Waals surface area (Å²) in [6.07, 6.45) is 0.0840. The van der Waals surface area contributed by atoms with Gasteiger partial charge in [-0.25, -0.2) is 0 Å². The quantitative estimate of drug-likeness (QED) is 0.431. The van der Waals surface area contributed by atoms with E-state index >= 15 is 0 Å². The molecule has 0 bridgehead atoms. The fourth-order valence-electron chi connectivity index (χ4n) is 3.51. The third-order valence-corrected chi connectivity index (χ3v) is 5.22. The highest BCUT2D eigenvalue weighted by Gasteiger charge is 2.20. The maximum Gasteiger partial charge on any atom is 0.310 e. The van der Waals surface area contributed by atoms with Crippen molar-refractivity contribution in [1.29, 1.82) is 0 Å². The number of benzene rings is 2. The zero-order valence-corrected chi connectivity index (χ0v) is 17.4. The molecular formula is C23H20ClNO5. The Morgan fingerprint density at radius 3 is 2.53 bits per heavy atom. The standard InChI is InChI=1S/C23H20ClNO5/c1-14-9-19(15(2)25(14)18-7-8-21-22(11-18)30-13-29-21)20(26)12-28-23(27)10-16-3-5-17(24)6-4-16/h3-9,11H,10,12-13H2,1-2H3. The zero-order chi connectivity index (χ0) is 21.3. The summed E-state index contributed by atoms with van der Waals surface area (Å²) in [4.78, 5) is 24.8. The summed E-state index contributed by atoms with van der Waals surface area (Å²) in [5.74, 6) is 0.656. The second-order valence-corrected chi connectivity index (χ2v) is 7.48. The summed E-state index contributed by atoms with van der Waals surface area (Å²) in [5, 5.41) is 0.597. The molecule has 0 fully saturated rings. The number of hydrogen-bond acceptors (Lipinski definition) is 5. The van der Waals surface area contributed by atoms with Crippen molar-refractivity contribution in [2.45, 2.75) is 20.3 Å². The first kappa shape index (κ1) is 20.0. The minimum Gasteiger partial charge on any atom is -0.457 e. The van der Waals surface area contributed by atoms with Gasteiger partial charge in [-0.1, -0.05) is 23.7 Å². The van der Waals surface area contributed by atoms with Crippen LogP contribution in [0.15, 0.2) is 48.5 Å². The van der Waals surface area contributed by atoms with Crippen molar-refractivity contribution in [1.82, 2.24) is 4.57 Å². The summed E-state index contributed by atoms with van der Waals surface area (Å²) in [6, 6.07) is 14.4. The molecule has 7 heteroatoms. The van der Waals surface area contributed by atoms with Gasteiger partial charge in [0.25, 0.3) is 0 Å². The lowest BCUT2D eigenvalue weighted by atomic mass is 10.1. The summed E-state index contributed by atoms with van der Waals surface area (Å²) in [5.41, 5.74) is 3.82. The van der Waals surface area contributed by atoms with Crippen LogP contribution in [-0.2, 0) is 16.0 Å². The Balaban J connectivity index is 1.45. The minimum atomic E-state index is -0.463. The van der Waals surface area contributed by atoms with Gasteiger partial charge >= 0.3 is 5.97 Å². The molecule has 30 heavy (non-hydrogen) atoms. The first-order chi connectivity index (χ1) is 14.4. The Morgan fingerprint density at radius 1 is 1.03 bits per heavy atom. The number of aryl methyl sites for hydroxylation is 1. The fourth-order valence-corrected chi connectivity index (χ4v) is 3.64. The molecule has 0 radical (unpaired) electrons. The van der Waals surface area contributed by atoms with E-state index in [-0.39, 0.29) is 25.6 Å². The van der Waals surface area contributed by atoms with Gasteiger partial charge in [-0.3, -0.25) is 9.59 Å². The van der Waals surface area contributed by atoms with Crippen LogP contribution in [0.1, 0.15) is 27.3 Å². The Bertz CT molecular complexity index is 1120. The number of nitrogens with zero attached hydrogens (tertiary/aromatic N) is 1. The third-order valence-electron chi connectivity index (χ3n) is 4.97. The Morgan fingerprint density at radius 2 is 1.77 bits per heavy atom. The van der Waals surface area contributed by atoms with Gasteiger partial charge in [0.1, 0.15) is 0 Å². The van der Waals surface area contributed by atoms with Crippen molar-refractivity contribution >= 4 is 23.4 Å². The maximum atomic E-state index is 12.7. The van der Waals surface area contributed by atoms with Crippen molar-refractivity contribution < 1.29 is 23.8 Å². The monoisotopic (exact) mass is 425 g/mol. The predicted molar refractivity (Wildman–Crippen MR) is 112 cm³/mol.